The van der Waals surface area contributed by atoms with Crippen LogP contribution in [0.1, 0.15) is 9.68 Å². The van der Waals surface area contributed by atoms with Crippen molar-refractivity contribution < 1.29 is 8.53 Å². The Hall–Kier alpha value is -4.17. The van der Waals surface area contributed by atoms with Gasteiger partial charge in [-0.05, 0) is 47.3 Å². The average molecular weight is 415 g/mol. The first kappa shape index (κ1) is 15.6. The molecule has 0 fully saturated rings. The van der Waals surface area contributed by atoms with Crippen LogP contribution in [0, 0.1) is 6.85 Å². The lowest BCUT2D eigenvalue weighted by atomic mass is 9.98. The van der Waals surface area contributed by atoms with Crippen molar-refractivity contribution in [1.29, 1.82) is 0 Å². The lowest BCUT2D eigenvalue weighted by Gasteiger charge is -2.06. The molecule has 0 saturated carbocycles. The van der Waals surface area contributed by atoms with Crippen molar-refractivity contribution in [2.75, 3.05) is 0 Å². The highest BCUT2D eigenvalue weighted by Crippen LogP contribution is 2.39. The second-order valence-electron chi connectivity index (χ2n) is 7.84. The Labute approximate surface area is 191 Å². The molecule has 2 heterocycles. The summed E-state index contributed by atoms with van der Waals surface area (Å²) in [6.07, 6.45) is 1.54. The quantitative estimate of drug-likeness (QED) is 0.291. The zero-order chi connectivity index (χ0) is 24.0. The summed E-state index contributed by atoms with van der Waals surface area (Å²) in [6.45, 7) is -2.20. The molecule has 6 rings (SSSR count). The minimum absolute atomic E-state index is 0.259. The number of nitrogens with zero attached hydrogens (tertiary/aromatic N) is 1. The molecule has 4 aromatic carbocycles. The number of aromatic nitrogens is 1. The summed E-state index contributed by atoms with van der Waals surface area (Å²) in [6, 6.07) is 34.0. The van der Waals surface area contributed by atoms with E-state index in [0.717, 1.165) is 38.6 Å². The number of benzene rings is 4. The molecule has 0 aliphatic heterocycles. The molecule has 2 aromatic heterocycles. The molecule has 0 aliphatic rings. The van der Waals surface area contributed by atoms with Gasteiger partial charge in [0.15, 0.2) is 0 Å². The van der Waals surface area contributed by atoms with E-state index in [2.05, 4.69) is 53.5 Å². The van der Waals surface area contributed by atoms with Gasteiger partial charge >= 0.3 is 0 Å². The molecule has 2 heteroatoms. The smallest absolute Gasteiger partial charge is 0.144 e. The number of aryl methyl sites for hydroxylation is 1. The van der Waals surface area contributed by atoms with Gasteiger partial charge in [0.05, 0.1) is 5.69 Å². The molecule has 0 bridgehead atoms. The largest absolute Gasteiger partial charge is 0.455 e. The lowest BCUT2D eigenvalue weighted by molar-refractivity contribution is 0.671. The SMILES string of the molecule is [2H]C([2H])([2H])c1ccnc(-c2cccc3c2oc2c(-c4ccc(-c5ccccc5)cc4)cccc23)c1. The minimum Gasteiger partial charge on any atom is -0.455 e. The summed E-state index contributed by atoms with van der Waals surface area (Å²) in [5.41, 5.74) is 7.53. The van der Waals surface area contributed by atoms with Gasteiger partial charge in [0, 0.05) is 32.2 Å². The Bertz CT molecular complexity index is 1670. The highest BCUT2D eigenvalue weighted by Gasteiger charge is 2.16. The molecule has 0 spiro atoms. The van der Waals surface area contributed by atoms with Crippen LogP contribution in [-0.4, -0.2) is 4.98 Å². The van der Waals surface area contributed by atoms with Gasteiger partial charge in [-0.1, -0.05) is 84.9 Å². The van der Waals surface area contributed by atoms with E-state index >= 15 is 0 Å². The van der Waals surface area contributed by atoms with E-state index in [4.69, 9.17) is 8.53 Å². The molecule has 0 aliphatic carbocycles. The molecule has 2 nitrogen and oxygen atoms in total. The van der Waals surface area contributed by atoms with Gasteiger partial charge in [0.1, 0.15) is 11.2 Å². The second kappa shape index (κ2) is 7.51. The van der Waals surface area contributed by atoms with Crippen LogP contribution in [0.2, 0.25) is 0 Å². The molecule has 152 valence electrons. The summed E-state index contributed by atoms with van der Waals surface area (Å²) in [4.78, 5) is 4.45. The molecular formula is C30H21NO. The maximum Gasteiger partial charge on any atom is 0.144 e. The van der Waals surface area contributed by atoms with Gasteiger partial charge in [-0.25, -0.2) is 0 Å². The van der Waals surface area contributed by atoms with Crippen molar-refractivity contribution in [3.8, 4) is 33.5 Å². The highest BCUT2D eigenvalue weighted by atomic mass is 16.3. The fourth-order valence-corrected chi connectivity index (χ4v) is 4.30. The molecule has 0 unspecified atom stereocenters. The highest BCUT2D eigenvalue weighted by molar-refractivity contribution is 6.12. The molecule has 0 amide bonds. The Morgan fingerprint density at radius 3 is 2.03 bits per heavy atom. The fraction of sp³-hybridized carbons (Fsp3) is 0.0333. The molecular weight excluding hydrogens is 390 g/mol. The number of hydrogen-bond acceptors (Lipinski definition) is 2. The summed E-state index contributed by atoms with van der Waals surface area (Å²) in [5, 5.41) is 1.99. The van der Waals surface area contributed by atoms with Gasteiger partial charge in [-0.15, -0.1) is 0 Å². The first-order chi connectivity index (χ1) is 17.0. The topological polar surface area (TPSA) is 26.0 Å². The van der Waals surface area contributed by atoms with Crippen LogP contribution in [0.25, 0.3) is 55.4 Å². The Morgan fingerprint density at radius 1 is 0.625 bits per heavy atom. The predicted molar refractivity (Wildman–Crippen MR) is 133 cm³/mol. The molecule has 6 aromatic rings. The predicted octanol–water partition coefficient (Wildman–Crippen LogP) is 8.29. The molecule has 0 N–H and O–H groups in total. The molecule has 0 saturated heterocycles. The van der Waals surface area contributed by atoms with E-state index in [1.165, 1.54) is 17.8 Å². The number of furan rings is 1. The van der Waals surface area contributed by atoms with E-state index < -0.39 is 6.85 Å². The van der Waals surface area contributed by atoms with Crippen LogP contribution >= 0.6 is 0 Å². The molecule has 0 atom stereocenters. The van der Waals surface area contributed by atoms with Crippen LogP contribution < -0.4 is 0 Å². The number of fused-ring (bicyclic) bond motifs is 3. The van der Waals surface area contributed by atoms with Crippen LogP contribution in [0.5, 0.6) is 0 Å². The molecule has 0 radical (unpaired) electrons. The van der Waals surface area contributed by atoms with Crippen LogP contribution in [-0.2, 0) is 0 Å². The van der Waals surface area contributed by atoms with Crippen LogP contribution in [0.3, 0.4) is 0 Å². The standard InChI is InChI=1S/C30H21NO/c1-20-17-18-31-28(19-20)27-12-6-11-26-25-10-5-9-24(29(25)32-30(26)27)23-15-13-22(14-16-23)21-7-3-2-4-8-21/h2-19H,1H3/i1D3. The summed E-state index contributed by atoms with van der Waals surface area (Å²) in [5.74, 6) is 0. The van der Waals surface area contributed by atoms with E-state index in [9.17, 15) is 0 Å². The zero-order valence-corrected chi connectivity index (χ0v) is 17.2. The first-order valence-electron chi connectivity index (χ1n) is 12.1. The maximum absolute atomic E-state index is 7.76. The van der Waals surface area contributed by atoms with Crippen LogP contribution in [0.15, 0.2) is 114 Å². The monoisotopic (exact) mass is 414 g/mol. The van der Waals surface area contributed by atoms with Crippen molar-refractivity contribution in [2.45, 2.75) is 6.85 Å². The van der Waals surface area contributed by atoms with Gasteiger partial charge < -0.3 is 4.42 Å². The summed E-state index contributed by atoms with van der Waals surface area (Å²) >= 11 is 0. The maximum atomic E-state index is 7.76. The fourth-order valence-electron chi connectivity index (χ4n) is 4.30. The van der Waals surface area contributed by atoms with Gasteiger partial charge in [-0.2, -0.15) is 0 Å². The summed E-state index contributed by atoms with van der Waals surface area (Å²) in [7, 11) is 0. The van der Waals surface area contributed by atoms with Crippen molar-refractivity contribution in [1.82, 2.24) is 4.98 Å². The normalized spacial score (nSPS) is 13.1. The average Bonchev–Trinajstić information content (AvgIpc) is 3.28. The third-order valence-corrected chi connectivity index (χ3v) is 5.86. The molecule has 32 heavy (non-hydrogen) atoms. The number of hydrogen-bond donors (Lipinski definition) is 0. The zero-order valence-electron chi connectivity index (χ0n) is 20.2. The second-order valence-corrected chi connectivity index (χ2v) is 7.84. The Morgan fingerprint density at radius 2 is 1.28 bits per heavy atom. The number of rotatable bonds is 3. The van der Waals surface area contributed by atoms with Crippen molar-refractivity contribution >= 4 is 21.9 Å². The number of para-hydroxylation sites is 2. The van der Waals surface area contributed by atoms with Crippen molar-refractivity contribution in [2.24, 2.45) is 0 Å². The van der Waals surface area contributed by atoms with E-state index in [0.29, 0.717) is 11.3 Å². The van der Waals surface area contributed by atoms with E-state index in [1.807, 2.05) is 42.5 Å². The number of pyridine rings is 1. The summed E-state index contributed by atoms with van der Waals surface area (Å²) < 4.78 is 29.8. The third kappa shape index (κ3) is 3.09. The van der Waals surface area contributed by atoms with Crippen LogP contribution in [0.4, 0.5) is 0 Å². The van der Waals surface area contributed by atoms with Gasteiger partial charge in [0.25, 0.3) is 0 Å². The van der Waals surface area contributed by atoms with Gasteiger partial charge in [-0.3, -0.25) is 4.98 Å². The van der Waals surface area contributed by atoms with E-state index in [1.54, 1.807) is 6.07 Å². The minimum atomic E-state index is -2.20. The van der Waals surface area contributed by atoms with Crippen molar-refractivity contribution in [3.63, 3.8) is 0 Å². The lowest BCUT2D eigenvalue weighted by Crippen LogP contribution is -1.84. The van der Waals surface area contributed by atoms with Gasteiger partial charge in [0.2, 0.25) is 0 Å². The van der Waals surface area contributed by atoms with Crippen molar-refractivity contribution in [3.05, 3.63) is 115 Å². The Kier molecular flexibility index (Phi) is 3.66. The third-order valence-electron chi connectivity index (χ3n) is 5.86. The first-order valence-corrected chi connectivity index (χ1v) is 10.6. The Balaban J connectivity index is 1.49. The van der Waals surface area contributed by atoms with E-state index in [-0.39, 0.29) is 5.56 Å².